The molecule has 206 valence electrons. The molecule has 0 fully saturated rings. The normalized spacial score (nSPS) is 17.3. The Hall–Kier alpha value is -4.26. The van der Waals surface area contributed by atoms with Crippen LogP contribution in [0, 0.1) is 19.7 Å². The number of benzene rings is 3. The lowest BCUT2D eigenvalue weighted by molar-refractivity contribution is 0.202. The average molecular weight is 541 g/mol. The number of allylic oxidation sites excluding steroid dienone is 1. The highest BCUT2D eigenvalue weighted by atomic mass is 19.1. The molecule has 40 heavy (non-hydrogen) atoms. The maximum absolute atomic E-state index is 15.3. The van der Waals surface area contributed by atoms with Crippen LogP contribution >= 0.6 is 0 Å². The fourth-order valence-corrected chi connectivity index (χ4v) is 6.09. The summed E-state index contributed by atoms with van der Waals surface area (Å²) in [5, 5.41) is 9.60. The zero-order chi connectivity index (χ0) is 28.0. The van der Waals surface area contributed by atoms with Crippen molar-refractivity contribution in [3.8, 4) is 28.4 Å². The summed E-state index contributed by atoms with van der Waals surface area (Å²) < 4.78 is 35.5. The van der Waals surface area contributed by atoms with Crippen LogP contribution in [0.2, 0.25) is 0 Å². The Bertz CT molecular complexity index is 1590. The van der Waals surface area contributed by atoms with E-state index in [4.69, 9.17) is 14.2 Å². The van der Waals surface area contributed by atoms with Crippen LogP contribution < -0.4 is 14.2 Å². The number of hydrogen-bond acceptors (Lipinski definition) is 5. The number of ether oxygens (including phenoxy) is 3. The minimum Gasteiger partial charge on any atom is -0.513 e. The van der Waals surface area contributed by atoms with Crippen LogP contribution in [0.1, 0.15) is 58.5 Å². The Balaban J connectivity index is 1.25. The van der Waals surface area contributed by atoms with Gasteiger partial charge in [-0.2, -0.15) is 0 Å². The van der Waals surface area contributed by atoms with Crippen LogP contribution in [0.4, 0.5) is 4.39 Å². The van der Waals surface area contributed by atoms with Crippen LogP contribution in [0.5, 0.6) is 17.2 Å². The molecule has 4 aromatic rings. The fraction of sp³-hybridized carbons (Fsp3) is 0.303. The lowest BCUT2D eigenvalue weighted by atomic mass is 9.90. The molecule has 1 N–H and O–H groups in total. The Labute approximate surface area is 233 Å². The Kier molecular flexibility index (Phi) is 6.74. The molecule has 2 aliphatic rings. The summed E-state index contributed by atoms with van der Waals surface area (Å²) in [6, 6.07) is 13.3. The molecule has 1 aliphatic carbocycles. The van der Waals surface area contributed by atoms with Gasteiger partial charge in [0, 0.05) is 49.0 Å². The number of fused-ring (bicyclic) bond motifs is 2. The minimum absolute atomic E-state index is 0.0758. The number of aliphatic hydroxyl groups excluding tert-OH is 1. The third-order valence-corrected chi connectivity index (χ3v) is 7.97. The van der Waals surface area contributed by atoms with Gasteiger partial charge in [0.2, 0.25) is 0 Å². The summed E-state index contributed by atoms with van der Waals surface area (Å²) in [7, 11) is 1.95. The number of aromatic nitrogens is 2. The molecule has 0 unspecified atom stereocenters. The molecule has 0 saturated carbocycles. The fourth-order valence-electron chi connectivity index (χ4n) is 6.09. The predicted molar refractivity (Wildman–Crippen MR) is 152 cm³/mol. The Morgan fingerprint density at radius 2 is 1.95 bits per heavy atom. The van der Waals surface area contributed by atoms with Crippen molar-refractivity contribution in [3.05, 3.63) is 107 Å². The molecule has 3 aromatic carbocycles. The third kappa shape index (κ3) is 4.81. The van der Waals surface area contributed by atoms with E-state index < -0.39 is 0 Å². The van der Waals surface area contributed by atoms with Gasteiger partial charge in [0.1, 0.15) is 41.6 Å². The smallest absolute Gasteiger partial charge is 0.146 e. The zero-order valence-electron chi connectivity index (χ0n) is 23.0. The van der Waals surface area contributed by atoms with Gasteiger partial charge in [-0.15, -0.1) is 0 Å². The van der Waals surface area contributed by atoms with Crippen molar-refractivity contribution >= 4 is 0 Å². The maximum atomic E-state index is 15.3. The first-order valence-electron chi connectivity index (χ1n) is 13.6. The van der Waals surface area contributed by atoms with Crippen molar-refractivity contribution in [1.82, 2.24) is 9.55 Å². The van der Waals surface area contributed by atoms with Crippen LogP contribution in [0.3, 0.4) is 0 Å². The largest absolute Gasteiger partial charge is 0.513 e. The van der Waals surface area contributed by atoms with E-state index in [0.717, 1.165) is 57.1 Å². The van der Waals surface area contributed by atoms with Gasteiger partial charge >= 0.3 is 0 Å². The predicted octanol–water partition coefficient (Wildman–Crippen LogP) is 7.43. The number of aliphatic hydroxyl groups is 1. The van der Waals surface area contributed by atoms with E-state index in [2.05, 4.69) is 25.4 Å². The average Bonchev–Trinajstić information content (AvgIpc) is 3.63. The van der Waals surface area contributed by atoms with E-state index in [1.165, 1.54) is 0 Å². The van der Waals surface area contributed by atoms with Crippen LogP contribution in [-0.4, -0.2) is 21.3 Å². The molecule has 0 radical (unpaired) electrons. The highest BCUT2D eigenvalue weighted by molar-refractivity contribution is 5.76. The summed E-state index contributed by atoms with van der Waals surface area (Å²) in [6.45, 7) is 8.62. The standard InChI is InChI=1S/C33H33FN2O4/c1-19-13-24(38-18-31-35-11-12-36(31)4)14-20(2)32(19)26-7-9-28(34)33-27(26)8-10-29(33)40-23-5-6-25-22(15-21(3)37)17-39-30(25)16-23/h5-7,9,11-14,16,22,29,37H,3,8,10,15,17-18H2,1-2,4H3/t22-,29-/m1/s1. The molecule has 0 bridgehead atoms. The lowest BCUT2D eigenvalue weighted by Gasteiger charge is -2.19. The molecule has 2 atom stereocenters. The second-order valence-corrected chi connectivity index (χ2v) is 10.8. The van der Waals surface area contributed by atoms with Crippen LogP contribution in [0.25, 0.3) is 11.1 Å². The number of aryl methyl sites for hydroxylation is 3. The number of halogens is 1. The van der Waals surface area contributed by atoms with Gasteiger partial charge in [-0.25, -0.2) is 9.37 Å². The van der Waals surface area contributed by atoms with Crippen molar-refractivity contribution in [1.29, 1.82) is 0 Å². The van der Waals surface area contributed by atoms with E-state index in [0.29, 0.717) is 37.4 Å². The van der Waals surface area contributed by atoms with Gasteiger partial charge in [-0.05, 0) is 78.8 Å². The van der Waals surface area contributed by atoms with Gasteiger partial charge in [0.15, 0.2) is 0 Å². The second-order valence-electron chi connectivity index (χ2n) is 10.8. The van der Waals surface area contributed by atoms with Gasteiger partial charge in [-0.1, -0.05) is 18.7 Å². The quantitative estimate of drug-likeness (QED) is 0.236. The molecule has 6 rings (SSSR count). The molecule has 1 aromatic heterocycles. The molecule has 0 saturated heterocycles. The first-order valence-corrected chi connectivity index (χ1v) is 13.6. The van der Waals surface area contributed by atoms with Gasteiger partial charge in [0.25, 0.3) is 0 Å². The summed E-state index contributed by atoms with van der Waals surface area (Å²) in [4.78, 5) is 4.33. The third-order valence-electron chi connectivity index (χ3n) is 7.97. The van der Waals surface area contributed by atoms with E-state index in [1.807, 2.05) is 54.2 Å². The molecule has 7 heteroatoms. The van der Waals surface area contributed by atoms with Crippen molar-refractivity contribution in [3.63, 3.8) is 0 Å². The minimum atomic E-state index is -0.386. The highest BCUT2D eigenvalue weighted by Crippen LogP contribution is 2.45. The highest BCUT2D eigenvalue weighted by Gasteiger charge is 2.32. The van der Waals surface area contributed by atoms with Crippen LogP contribution in [0.15, 0.2) is 67.2 Å². The van der Waals surface area contributed by atoms with Gasteiger partial charge in [-0.3, -0.25) is 0 Å². The second kappa shape index (κ2) is 10.4. The maximum Gasteiger partial charge on any atom is 0.146 e. The van der Waals surface area contributed by atoms with Crippen molar-refractivity contribution in [2.75, 3.05) is 6.61 Å². The molecule has 1 aliphatic heterocycles. The van der Waals surface area contributed by atoms with Gasteiger partial charge < -0.3 is 23.9 Å². The summed E-state index contributed by atoms with van der Waals surface area (Å²) in [6.07, 6.45) is 5.15. The van der Waals surface area contributed by atoms with E-state index in [9.17, 15) is 5.11 Å². The zero-order valence-corrected chi connectivity index (χ0v) is 23.0. The summed E-state index contributed by atoms with van der Waals surface area (Å²) >= 11 is 0. The monoisotopic (exact) mass is 540 g/mol. The van der Waals surface area contributed by atoms with E-state index >= 15 is 4.39 Å². The number of hydrogen-bond donors (Lipinski definition) is 1. The van der Waals surface area contributed by atoms with E-state index in [-0.39, 0.29) is 23.6 Å². The van der Waals surface area contributed by atoms with Gasteiger partial charge in [0.05, 0.1) is 12.4 Å². The number of rotatable bonds is 8. The van der Waals surface area contributed by atoms with Crippen molar-refractivity contribution in [2.24, 2.45) is 7.05 Å². The van der Waals surface area contributed by atoms with Crippen LogP contribution in [-0.2, 0) is 20.1 Å². The topological polar surface area (TPSA) is 65.7 Å². The molecule has 2 heterocycles. The van der Waals surface area contributed by atoms with E-state index in [1.54, 1.807) is 12.3 Å². The number of nitrogens with zero attached hydrogens (tertiary/aromatic N) is 2. The summed E-state index contributed by atoms with van der Waals surface area (Å²) in [5.74, 6) is 3.00. The molecule has 0 amide bonds. The lowest BCUT2D eigenvalue weighted by Crippen LogP contribution is -2.06. The molecule has 6 nitrogen and oxygen atoms in total. The Morgan fingerprint density at radius 3 is 2.67 bits per heavy atom. The SMILES string of the molecule is C=C(O)C[C@@H]1COc2cc(O[C@@H]3CCc4c(-c5c(C)cc(OCc6nccn6C)cc5C)ccc(F)c43)ccc21. The molecule has 0 spiro atoms. The first-order chi connectivity index (χ1) is 19.3. The molecular formula is C33H33FN2O4. The first kappa shape index (κ1) is 26.0. The van der Waals surface area contributed by atoms with Crippen molar-refractivity contribution < 1.29 is 23.7 Å². The number of imidazole rings is 1. The Morgan fingerprint density at radius 1 is 1.15 bits per heavy atom. The molecular weight excluding hydrogens is 507 g/mol. The van der Waals surface area contributed by atoms with Crippen molar-refractivity contribution in [2.45, 2.75) is 51.7 Å². The summed E-state index contributed by atoms with van der Waals surface area (Å²) in [5.41, 5.74) is 6.94.